The summed E-state index contributed by atoms with van der Waals surface area (Å²) in [6.45, 7) is 9.39. The molecule has 0 nitrogen and oxygen atoms in total. The lowest BCUT2D eigenvalue weighted by atomic mass is 9.73. The topological polar surface area (TPSA) is 0 Å². The molecule has 0 N–H and O–H groups in total. The van der Waals surface area contributed by atoms with E-state index in [1.807, 2.05) is 0 Å². The Morgan fingerprint density at radius 3 is 1.00 bits per heavy atom. The summed E-state index contributed by atoms with van der Waals surface area (Å²) in [5.41, 5.74) is 19.4. The fourth-order valence-corrected chi connectivity index (χ4v) is 9.05. The van der Waals surface area contributed by atoms with Crippen molar-refractivity contribution < 1.29 is 0 Å². The summed E-state index contributed by atoms with van der Waals surface area (Å²) in [5.74, 6) is 0. The first-order valence-corrected chi connectivity index (χ1v) is 17.3. The summed E-state index contributed by atoms with van der Waals surface area (Å²) >= 11 is 0. The lowest BCUT2D eigenvalue weighted by Gasteiger charge is -2.30. The first-order chi connectivity index (χ1) is 22.6. The van der Waals surface area contributed by atoms with Crippen LogP contribution >= 0.6 is 0 Å². The van der Waals surface area contributed by atoms with Gasteiger partial charge in [0.15, 0.2) is 0 Å². The summed E-state index contributed by atoms with van der Waals surface area (Å²) in [4.78, 5) is 0. The summed E-state index contributed by atoms with van der Waals surface area (Å²) in [7, 11) is 0. The normalized spacial score (nSPS) is 14.8. The van der Waals surface area contributed by atoms with Crippen LogP contribution in [0.15, 0.2) is 133 Å². The van der Waals surface area contributed by atoms with E-state index in [1.165, 1.54) is 77.9 Å². The fraction of sp³-hybridized carbons (Fsp3) is 0.217. The van der Waals surface area contributed by atoms with Crippen LogP contribution in [0.25, 0.3) is 55.6 Å². The van der Waals surface area contributed by atoms with Gasteiger partial charge in [0.25, 0.3) is 0 Å². The SMILES string of the molecule is CCC1(CC)c2ccccc2-c2ccc(-c3cccc(-c4cccc(-c5ccc6c(c5)C(CC)(CC)c5ccccc5-6)c4)c3)cc21. The molecule has 2 aliphatic carbocycles. The summed E-state index contributed by atoms with van der Waals surface area (Å²) in [6, 6.07) is 50.6. The van der Waals surface area contributed by atoms with Crippen LogP contribution in [-0.4, -0.2) is 0 Å². The second-order valence-electron chi connectivity index (χ2n) is 13.4. The van der Waals surface area contributed by atoms with Crippen molar-refractivity contribution in [2.24, 2.45) is 0 Å². The minimum atomic E-state index is 0.0816. The summed E-state index contributed by atoms with van der Waals surface area (Å²) < 4.78 is 0. The average molecular weight is 595 g/mol. The number of fused-ring (bicyclic) bond motifs is 6. The van der Waals surface area contributed by atoms with E-state index in [9.17, 15) is 0 Å². The molecule has 0 saturated carbocycles. The van der Waals surface area contributed by atoms with E-state index >= 15 is 0 Å². The van der Waals surface area contributed by atoms with Crippen LogP contribution in [-0.2, 0) is 10.8 Å². The van der Waals surface area contributed by atoms with Crippen molar-refractivity contribution in [1.29, 1.82) is 0 Å². The molecular weight excluding hydrogens is 553 g/mol. The lowest BCUT2D eigenvalue weighted by Crippen LogP contribution is -2.23. The van der Waals surface area contributed by atoms with Gasteiger partial charge in [0.1, 0.15) is 0 Å². The molecule has 0 bridgehead atoms. The van der Waals surface area contributed by atoms with E-state index in [0.717, 1.165) is 25.7 Å². The number of rotatable bonds is 7. The van der Waals surface area contributed by atoms with Crippen molar-refractivity contribution in [3.8, 4) is 55.6 Å². The molecule has 0 aliphatic heterocycles. The zero-order chi connectivity index (χ0) is 31.5. The predicted molar refractivity (Wildman–Crippen MR) is 196 cm³/mol. The van der Waals surface area contributed by atoms with Crippen LogP contribution in [0.2, 0.25) is 0 Å². The Hall–Kier alpha value is -4.68. The smallest absolute Gasteiger partial charge is 0.0210 e. The molecule has 0 unspecified atom stereocenters. The van der Waals surface area contributed by atoms with Crippen LogP contribution < -0.4 is 0 Å². The molecule has 0 heteroatoms. The van der Waals surface area contributed by atoms with Crippen LogP contribution in [0.1, 0.15) is 75.6 Å². The molecule has 46 heavy (non-hydrogen) atoms. The third kappa shape index (κ3) is 4.06. The van der Waals surface area contributed by atoms with E-state index in [1.54, 1.807) is 0 Å². The number of benzene rings is 6. The van der Waals surface area contributed by atoms with Crippen molar-refractivity contribution >= 4 is 0 Å². The molecule has 0 spiro atoms. The standard InChI is InChI=1S/C46H42/c1-5-45(6-2)41-21-11-9-19-37(41)39-25-23-35(29-43(39)45)33-17-13-15-31(27-33)32-16-14-18-34(28-32)36-24-26-40-38-20-10-12-22-42(38)46(7-3,8-4)44(40)30-36/h9-30H,5-8H2,1-4H3. The Labute approximate surface area is 274 Å². The lowest BCUT2D eigenvalue weighted by molar-refractivity contribution is 0.490. The Bertz CT molecular complexity index is 1950. The van der Waals surface area contributed by atoms with Crippen LogP contribution in [0, 0.1) is 0 Å². The highest BCUT2D eigenvalue weighted by Gasteiger charge is 2.41. The molecule has 2 aliphatic rings. The third-order valence-electron chi connectivity index (χ3n) is 11.7. The summed E-state index contributed by atoms with van der Waals surface area (Å²) in [6.07, 6.45) is 4.43. The second kappa shape index (κ2) is 11.0. The van der Waals surface area contributed by atoms with Gasteiger partial charge in [-0.25, -0.2) is 0 Å². The van der Waals surface area contributed by atoms with Gasteiger partial charge in [0.2, 0.25) is 0 Å². The first kappa shape index (κ1) is 28.8. The minimum Gasteiger partial charge on any atom is -0.0642 e. The highest BCUT2D eigenvalue weighted by Crippen LogP contribution is 2.54. The minimum absolute atomic E-state index is 0.0816. The van der Waals surface area contributed by atoms with Gasteiger partial charge in [-0.3, -0.25) is 0 Å². The van der Waals surface area contributed by atoms with Crippen LogP contribution in [0.5, 0.6) is 0 Å². The molecule has 0 amide bonds. The van der Waals surface area contributed by atoms with Gasteiger partial charge in [0, 0.05) is 10.8 Å². The van der Waals surface area contributed by atoms with Crippen molar-refractivity contribution in [1.82, 2.24) is 0 Å². The summed E-state index contributed by atoms with van der Waals surface area (Å²) in [5, 5.41) is 0. The Kier molecular flexibility index (Phi) is 6.87. The van der Waals surface area contributed by atoms with Gasteiger partial charge in [-0.1, -0.05) is 137 Å². The largest absolute Gasteiger partial charge is 0.0642 e. The Balaban J connectivity index is 1.17. The first-order valence-electron chi connectivity index (χ1n) is 17.3. The van der Waals surface area contributed by atoms with Crippen LogP contribution in [0.4, 0.5) is 0 Å². The van der Waals surface area contributed by atoms with Crippen molar-refractivity contribution in [3.05, 3.63) is 156 Å². The highest BCUT2D eigenvalue weighted by atomic mass is 14.4. The fourth-order valence-electron chi connectivity index (χ4n) is 9.05. The molecule has 6 aromatic rings. The van der Waals surface area contributed by atoms with Crippen LogP contribution in [0.3, 0.4) is 0 Å². The van der Waals surface area contributed by atoms with Crippen molar-refractivity contribution in [2.75, 3.05) is 0 Å². The quantitative estimate of drug-likeness (QED) is 0.172. The number of hydrogen-bond acceptors (Lipinski definition) is 0. The molecule has 6 aromatic carbocycles. The second-order valence-corrected chi connectivity index (χ2v) is 13.4. The molecule has 0 aromatic heterocycles. The number of hydrogen-bond donors (Lipinski definition) is 0. The highest BCUT2D eigenvalue weighted by molar-refractivity contribution is 5.86. The van der Waals surface area contributed by atoms with Gasteiger partial charge in [-0.05, 0) is 128 Å². The van der Waals surface area contributed by atoms with Crippen molar-refractivity contribution in [2.45, 2.75) is 64.2 Å². The zero-order valence-corrected chi connectivity index (χ0v) is 27.5. The molecule has 0 heterocycles. The van der Waals surface area contributed by atoms with Gasteiger partial charge in [-0.2, -0.15) is 0 Å². The molecule has 226 valence electrons. The van der Waals surface area contributed by atoms with E-state index in [0.29, 0.717) is 0 Å². The van der Waals surface area contributed by atoms with E-state index in [2.05, 4.69) is 161 Å². The van der Waals surface area contributed by atoms with Crippen molar-refractivity contribution in [3.63, 3.8) is 0 Å². The molecule has 0 saturated heterocycles. The van der Waals surface area contributed by atoms with E-state index in [-0.39, 0.29) is 10.8 Å². The third-order valence-corrected chi connectivity index (χ3v) is 11.7. The monoisotopic (exact) mass is 594 g/mol. The maximum Gasteiger partial charge on any atom is 0.0210 e. The molecular formula is C46H42. The molecule has 8 rings (SSSR count). The Morgan fingerprint density at radius 1 is 0.304 bits per heavy atom. The maximum atomic E-state index is 2.48. The predicted octanol–water partition coefficient (Wildman–Crippen LogP) is 12.9. The van der Waals surface area contributed by atoms with Gasteiger partial charge < -0.3 is 0 Å². The average Bonchev–Trinajstić information content (AvgIpc) is 3.58. The molecule has 0 radical (unpaired) electrons. The van der Waals surface area contributed by atoms with Gasteiger partial charge in [0.05, 0.1) is 0 Å². The molecule has 0 atom stereocenters. The maximum absolute atomic E-state index is 2.48. The van der Waals surface area contributed by atoms with E-state index in [4.69, 9.17) is 0 Å². The van der Waals surface area contributed by atoms with E-state index < -0.39 is 0 Å². The zero-order valence-electron chi connectivity index (χ0n) is 27.5. The molecule has 0 fully saturated rings. The Morgan fingerprint density at radius 2 is 0.630 bits per heavy atom. The van der Waals surface area contributed by atoms with Gasteiger partial charge in [-0.15, -0.1) is 0 Å². The van der Waals surface area contributed by atoms with Gasteiger partial charge >= 0.3 is 0 Å².